The highest BCUT2D eigenvalue weighted by Crippen LogP contribution is 2.22. The number of halogens is 4. The van der Waals surface area contributed by atoms with Crippen LogP contribution in [-0.2, 0) is 4.74 Å². The zero-order chi connectivity index (χ0) is 12.9. The molecule has 1 aromatic rings. The number of ether oxygens (including phenoxy) is 2. The van der Waals surface area contributed by atoms with Gasteiger partial charge in [0, 0.05) is 4.47 Å². The summed E-state index contributed by atoms with van der Waals surface area (Å²) in [5.41, 5.74) is 0. The molecular formula is C11H12BrF3O2. The summed E-state index contributed by atoms with van der Waals surface area (Å²) in [5.74, 6) is 0.594. The van der Waals surface area contributed by atoms with Gasteiger partial charge in [-0.3, -0.25) is 0 Å². The summed E-state index contributed by atoms with van der Waals surface area (Å²) in [6.07, 6.45) is -6.09. The van der Waals surface area contributed by atoms with E-state index >= 15 is 0 Å². The molecular weight excluding hydrogens is 301 g/mol. The molecule has 96 valence electrons. The Labute approximate surface area is 106 Å². The van der Waals surface area contributed by atoms with Crippen molar-refractivity contribution in [2.24, 2.45) is 0 Å². The normalized spacial score (nSPS) is 13.5. The molecule has 0 N–H and O–H groups in total. The second-order valence-electron chi connectivity index (χ2n) is 3.36. The second kappa shape index (κ2) is 6.26. The molecule has 17 heavy (non-hydrogen) atoms. The van der Waals surface area contributed by atoms with Gasteiger partial charge in [-0.15, -0.1) is 0 Å². The average Bonchev–Trinajstić information content (AvgIpc) is 2.25. The third kappa shape index (κ3) is 5.41. The van der Waals surface area contributed by atoms with Crippen molar-refractivity contribution in [1.29, 1.82) is 0 Å². The Morgan fingerprint density at radius 3 is 2.29 bits per heavy atom. The largest absolute Gasteiger partial charge is 0.491 e. The van der Waals surface area contributed by atoms with Crippen LogP contribution in [0.1, 0.15) is 6.92 Å². The molecule has 0 saturated carbocycles. The molecule has 0 aliphatic heterocycles. The molecule has 0 amide bonds. The monoisotopic (exact) mass is 312 g/mol. The van der Waals surface area contributed by atoms with E-state index in [4.69, 9.17) is 4.74 Å². The van der Waals surface area contributed by atoms with Crippen molar-refractivity contribution in [3.05, 3.63) is 28.7 Å². The Kier molecular flexibility index (Phi) is 5.27. The summed E-state index contributed by atoms with van der Waals surface area (Å²) in [6.45, 7) is 0.957. The predicted octanol–water partition coefficient (Wildman–Crippen LogP) is 3.80. The Bertz CT molecular complexity index is 338. The number of benzene rings is 1. The van der Waals surface area contributed by atoms with Gasteiger partial charge in [-0.25, -0.2) is 0 Å². The number of hydrogen-bond acceptors (Lipinski definition) is 2. The van der Waals surface area contributed by atoms with Crippen LogP contribution >= 0.6 is 15.9 Å². The van der Waals surface area contributed by atoms with Crippen molar-refractivity contribution in [3.8, 4) is 5.75 Å². The van der Waals surface area contributed by atoms with E-state index in [1.165, 1.54) is 0 Å². The third-order valence-corrected chi connectivity index (χ3v) is 2.52. The summed E-state index contributed by atoms with van der Waals surface area (Å²) in [6, 6.07) is 7.01. The lowest BCUT2D eigenvalue weighted by atomic mass is 10.3. The topological polar surface area (TPSA) is 18.5 Å². The predicted molar refractivity (Wildman–Crippen MR) is 61.1 cm³/mol. The molecule has 1 rings (SSSR count). The fourth-order valence-corrected chi connectivity index (χ4v) is 1.27. The molecule has 2 nitrogen and oxygen atoms in total. The number of alkyl halides is 3. The standard InChI is InChI=1S/C11H12BrF3O2/c1-8(11(13,14)15)16-6-7-17-10-4-2-9(12)3-5-10/h2-5,8H,6-7H2,1H3. The summed E-state index contributed by atoms with van der Waals surface area (Å²) in [7, 11) is 0. The van der Waals surface area contributed by atoms with E-state index in [-0.39, 0.29) is 13.2 Å². The molecule has 1 unspecified atom stereocenters. The van der Waals surface area contributed by atoms with Crippen LogP contribution in [0.4, 0.5) is 13.2 Å². The van der Waals surface area contributed by atoms with Crippen LogP contribution in [0.2, 0.25) is 0 Å². The van der Waals surface area contributed by atoms with E-state index in [0.717, 1.165) is 11.4 Å². The molecule has 6 heteroatoms. The van der Waals surface area contributed by atoms with Gasteiger partial charge in [0.15, 0.2) is 6.10 Å². The van der Waals surface area contributed by atoms with Gasteiger partial charge in [0.1, 0.15) is 12.4 Å². The van der Waals surface area contributed by atoms with Gasteiger partial charge in [-0.05, 0) is 31.2 Å². The highest BCUT2D eigenvalue weighted by atomic mass is 79.9. The fraction of sp³-hybridized carbons (Fsp3) is 0.455. The van der Waals surface area contributed by atoms with Crippen LogP contribution in [-0.4, -0.2) is 25.5 Å². The summed E-state index contributed by atoms with van der Waals surface area (Å²) >= 11 is 3.26. The Balaban J connectivity index is 2.23. The lowest BCUT2D eigenvalue weighted by Crippen LogP contribution is -2.29. The van der Waals surface area contributed by atoms with Gasteiger partial charge in [0.05, 0.1) is 6.61 Å². The number of hydrogen-bond donors (Lipinski definition) is 0. The van der Waals surface area contributed by atoms with E-state index in [0.29, 0.717) is 5.75 Å². The molecule has 0 radical (unpaired) electrons. The molecule has 0 aliphatic rings. The molecule has 0 aromatic heterocycles. The van der Waals surface area contributed by atoms with Gasteiger partial charge in [0.2, 0.25) is 0 Å². The third-order valence-electron chi connectivity index (χ3n) is 1.99. The summed E-state index contributed by atoms with van der Waals surface area (Å²) in [4.78, 5) is 0. The summed E-state index contributed by atoms with van der Waals surface area (Å²) in [5, 5.41) is 0. The maximum Gasteiger partial charge on any atom is 0.414 e. The molecule has 0 aliphatic carbocycles. The van der Waals surface area contributed by atoms with Crippen molar-refractivity contribution in [3.63, 3.8) is 0 Å². The van der Waals surface area contributed by atoms with Gasteiger partial charge < -0.3 is 9.47 Å². The molecule has 0 saturated heterocycles. The van der Waals surface area contributed by atoms with E-state index in [9.17, 15) is 13.2 Å². The minimum Gasteiger partial charge on any atom is -0.491 e. The Morgan fingerprint density at radius 1 is 1.18 bits per heavy atom. The average molecular weight is 313 g/mol. The van der Waals surface area contributed by atoms with E-state index in [1.54, 1.807) is 24.3 Å². The molecule has 1 atom stereocenters. The van der Waals surface area contributed by atoms with E-state index in [2.05, 4.69) is 20.7 Å². The van der Waals surface area contributed by atoms with Crippen LogP contribution in [0.15, 0.2) is 28.7 Å². The van der Waals surface area contributed by atoms with Crippen molar-refractivity contribution >= 4 is 15.9 Å². The van der Waals surface area contributed by atoms with Crippen molar-refractivity contribution in [2.45, 2.75) is 19.2 Å². The highest BCUT2D eigenvalue weighted by Gasteiger charge is 2.36. The maximum absolute atomic E-state index is 12.1. The lowest BCUT2D eigenvalue weighted by Gasteiger charge is -2.16. The minimum atomic E-state index is -4.32. The summed E-state index contributed by atoms with van der Waals surface area (Å²) < 4.78 is 46.9. The molecule has 0 heterocycles. The Hall–Kier alpha value is -0.750. The van der Waals surface area contributed by atoms with Crippen LogP contribution in [0.25, 0.3) is 0 Å². The van der Waals surface area contributed by atoms with E-state index < -0.39 is 12.3 Å². The first kappa shape index (κ1) is 14.3. The molecule has 1 aromatic carbocycles. The van der Waals surface area contributed by atoms with Gasteiger partial charge in [0.25, 0.3) is 0 Å². The van der Waals surface area contributed by atoms with Gasteiger partial charge >= 0.3 is 6.18 Å². The lowest BCUT2D eigenvalue weighted by molar-refractivity contribution is -0.215. The van der Waals surface area contributed by atoms with Crippen molar-refractivity contribution < 1.29 is 22.6 Å². The van der Waals surface area contributed by atoms with E-state index in [1.807, 2.05) is 0 Å². The zero-order valence-corrected chi connectivity index (χ0v) is 10.7. The maximum atomic E-state index is 12.1. The van der Waals surface area contributed by atoms with Gasteiger partial charge in [-0.2, -0.15) is 13.2 Å². The zero-order valence-electron chi connectivity index (χ0n) is 9.13. The first-order valence-corrected chi connectivity index (χ1v) is 5.75. The fourth-order valence-electron chi connectivity index (χ4n) is 1.01. The molecule has 0 fully saturated rings. The first-order valence-electron chi connectivity index (χ1n) is 4.96. The SMILES string of the molecule is CC(OCCOc1ccc(Br)cc1)C(F)(F)F. The van der Waals surface area contributed by atoms with Crippen LogP contribution in [0.5, 0.6) is 5.75 Å². The van der Waals surface area contributed by atoms with Crippen molar-refractivity contribution in [2.75, 3.05) is 13.2 Å². The van der Waals surface area contributed by atoms with Crippen LogP contribution < -0.4 is 4.74 Å². The van der Waals surface area contributed by atoms with Crippen LogP contribution in [0.3, 0.4) is 0 Å². The number of rotatable bonds is 5. The molecule has 0 bridgehead atoms. The first-order chi connectivity index (χ1) is 7.89. The molecule has 0 spiro atoms. The Morgan fingerprint density at radius 2 is 1.76 bits per heavy atom. The van der Waals surface area contributed by atoms with Crippen LogP contribution in [0, 0.1) is 0 Å². The minimum absolute atomic E-state index is 0.0854. The second-order valence-corrected chi connectivity index (χ2v) is 4.27. The van der Waals surface area contributed by atoms with Crippen molar-refractivity contribution in [1.82, 2.24) is 0 Å². The highest BCUT2D eigenvalue weighted by molar-refractivity contribution is 9.10. The smallest absolute Gasteiger partial charge is 0.414 e. The van der Waals surface area contributed by atoms with Gasteiger partial charge in [-0.1, -0.05) is 15.9 Å². The quantitative estimate of drug-likeness (QED) is 0.770.